The van der Waals surface area contributed by atoms with E-state index in [-0.39, 0.29) is 12.1 Å². The van der Waals surface area contributed by atoms with Gasteiger partial charge in [-0.05, 0) is 19.3 Å². The Hall–Kier alpha value is -3.70. The lowest BCUT2D eigenvalue weighted by atomic mass is 9.99. The van der Waals surface area contributed by atoms with Crippen molar-refractivity contribution in [2.75, 3.05) is 6.54 Å². The molecule has 0 saturated carbocycles. The molecule has 29 heavy (non-hydrogen) atoms. The van der Waals surface area contributed by atoms with Gasteiger partial charge in [0.2, 0.25) is 11.8 Å². The monoisotopic (exact) mass is 403 g/mol. The van der Waals surface area contributed by atoms with Gasteiger partial charge in [0.05, 0.1) is 6.33 Å². The Kier molecular flexibility index (Phi) is 5.90. The van der Waals surface area contributed by atoms with Gasteiger partial charge in [-0.3, -0.25) is 24.2 Å². The van der Waals surface area contributed by atoms with Crippen molar-refractivity contribution in [3.8, 4) is 0 Å². The van der Waals surface area contributed by atoms with Gasteiger partial charge in [0.15, 0.2) is 0 Å². The van der Waals surface area contributed by atoms with Gasteiger partial charge in [-0.25, -0.2) is 9.78 Å². The second-order valence-electron chi connectivity index (χ2n) is 6.75. The van der Waals surface area contributed by atoms with Crippen LogP contribution in [0.15, 0.2) is 28.2 Å². The lowest BCUT2D eigenvalue weighted by molar-refractivity contribution is -0.142. The Labute approximate surface area is 163 Å². The molecule has 0 spiro atoms. The predicted molar refractivity (Wildman–Crippen MR) is 99.8 cm³/mol. The molecular formula is C17H21N7O5. The van der Waals surface area contributed by atoms with Crippen molar-refractivity contribution >= 4 is 17.7 Å². The number of H-pyrrole nitrogens is 3. The molecule has 0 unspecified atom stereocenters. The number of piperidine rings is 1. The number of likely N-dealkylation sites (tertiary alicyclic amines) is 1. The van der Waals surface area contributed by atoms with Crippen LogP contribution in [0.25, 0.3) is 0 Å². The van der Waals surface area contributed by atoms with E-state index in [0.717, 1.165) is 12.5 Å². The largest absolute Gasteiger partial charge is 0.368 e. The topological polar surface area (TPSA) is 187 Å². The van der Waals surface area contributed by atoms with Gasteiger partial charge in [0.25, 0.3) is 11.5 Å². The van der Waals surface area contributed by atoms with Gasteiger partial charge in [0.1, 0.15) is 17.8 Å². The van der Waals surface area contributed by atoms with Crippen LogP contribution in [-0.4, -0.2) is 61.2 Å². The Morgan fingerprint density at radius 3 is 2.72 bits per heavy atom. The summed E-state index contributed by atoms with van der Waals surface area (Å²) in [7, 11) is 0. The molecule has 12 heteroatoms. The summed E-state index contributed by atoms with van der Waals surface area (Å²) < 4.78 is 0. The van der Waals surface area contributed by atoms with Crippen molar-refractivity contribution < 1.29 is 14.4 Å². The normalized spacial score (nSPS) is 17.5. The Morgan fingerprint density at radius 1 is 1.28 bits per heavy atom. The predicted octanol–water partition coefficient (Wildman–Crippen LogP) is -2.01. The lowest BCUT2D eigenvalue weighted by Crippen LogP contribution is -2.57. The second kappa shape index (κ2) is 8.54. The van der Waals surface area contributed by atoms with E-state index in [1.54, 1.807) is 0 Å². The van der Waals surface area contributed by atoms with Crippen LogP contribution in [0.4, 0.5) is 0 Å². The fourth-order valence-corrected chi connectivity index (χ4v) is 3.33. The maximum atomic E-state index is 13.2. The lowest BCUT2D eigenvalue weighted by Gasteiger charge is -2.36. The molecule has 0 aromatic carbocycles. The first-order chi connectivity index (χ1) is 13.8. The summed E-state index contributed by atoms with van der Waals surface area (Å²) in [5, 5.41) is 2.53. The number of carbonyl (C=O) groups is 3. The molecule has 2 aromatic rings. The fraction of sp³-hybridized carbons (Fsp3) is 0.412. The highest BCUT2D eigenvalue weighted by molar-refractivity contribution is 5.97. The maximum Gasteiger partial charge on any atom is 0.326 e. The molecule has 2 atom stereocenters. The van der Waals surface area contributed by atoms with Crippen molar-refractivity contribution in [1.82, 2.24) is 30.2 Å². The number of carbonyl (C=O) groups excluding carboxylic acids is 3. The van der Waals surface area contributed by atoms with E-state index in [1.807, 2.05) is 4.98 Å². The average molecular weight is 403 g/mol. The van der Waals surface area contributed by atoms with Gasteiger partial charge < -0.3 is 25.9 Å². The minimum Gasteiger partial charge on any atom is -0.368 e. The van der Waals surface area contributed by atoms with Gasteiger partial charge >= 0.3 is 5.69 Å². The molecule has 0 radical (unpaired) electrons. The van der Waals surface area contributed by atoms with Crippen LogP contribution in [-0.2, 0) is 16.0 Å². The molecule has 1 saturated heterocycles. The zero-order valence-electron chi connectivity index (χ0n) is 15.4. The van der Waals surface area contributed by atoms with E-state index in [1.165, 1.54) is 17.4 Å². The van der Waals surface area contributed by atoms with E-state index < -0.39 is 41.1 Å². The van der Waals surface area contributed by atoms with Crippen LogP contribution in [0.3, 0.4) is 0 Å². The fourth-order valence-electron chi connectivity index (χ4n) is 3.33. The quantitative estimate of drug-likeness (QED) is 0.371. The molecule has 1 fully saturated rings. The Bertz CT molecular complexity index is 981. The zero-order valence-corrected chi connectivity index (χ0v) is 15.4. The van der Waals surface area contributed by atoms with Crippen molar-refractivity contribution in [2.45, 2.75) is 37.8 Å². The van der Waals surface area contributed by atoms with E-state index in [9.17, 15) is 24.0 Å². The van der Waals surface area contributed by atoms with Crippen molar-refractivity contribution in [2.24, 2.45) is 5.73 Å². The first-order valence-electron chi connectivity index (χ1n) is 9.06. The molecule has 2 aromatic heterocycles. The van der Waals surface area contributed by atoms with E-state index in [4.69, 9.17) is 5.73 Å². The number of nitrogens with two attached hydrogens (primary N) is 1. The molecule has 154 valence electrons. The number of nitrogens with zero attached hydrogens (tertiary/aromatic N) is 2. The van der Waals surface area contributed by atoms with Gasteiger partial charge in [-0.2, -0.15) is 0 Å². The average Bonchev–Trinajstić information content (AvgIpc) is 3.19. The Balaban J connectivity index is 1.86. The summed E-state index contributed by atoms with van der Waals surface area (Å²) in [5.74, 6) is -1.90. The highest BCUT2D eigenvalue weighted by Crippen LogP contribution is 2.18. The standard InChI is InChI=1S/C17H21N7O5/c18-14(26)12-3-1-2-4-24(12)16(28)11(5-9-7-19-8-20-9)21-15(27)10-6-13(25)23-17(29)22-10/h6-8,11-12H,1-5H2,(H2,18,26)(H,19,20)(H,21,27)(H2,22,23,25,29)/t11-,12+/m0/s1. The molecule has 1 aliphatic rings. The summed E-state index contributed by atoms with van der Waals surface area (Å²) in [5.41, 5.74) is 4.14. The van der Waals surface area contributed by atoms with Crippen molar-refractivity contribution in [3.05, 3.63) is 50.8 Å². The SMILES string of the molecule is NC(=O)[C@H]1CCCCN1C(=O)[C@H](Cc1cnc[nH]1)NC(=O)c1cc(=O)[nH]c(=O)[nH]1. The Morgan fingerprint density at radius 2 is 2.07 bits per heavy atom. The van der Waals surface area contributed by atoms with Crippen molar-refractivity contribution in [1.29, 1.82) is 0 Å². The third-order valence-corrected chi connectivity index (χ3v) is 4.70. The minimum absolute atomic E-state index is 0.0694. The van der Waals surface area contributed by atoms with E-state index in [0.29, 0.717) is 25.1 Å². The number of primary amides is 1. The molecule has 3 amide bonds. The van der Waals surface area contributed by atoms with Gasteiger partial charge in [-0.1, -0.05) is 0 Å². The molecule has 3 rings (SSSR count). The third-order valence-electron chi connectivity index (χ3n) is 4.70. The van der Waals surface area contributed by atoms with Crippen LogP contribution in [0.5, 0.6) is 0 Å². The molecule has 6 N–H and O–H groups in total. The highest BCUT2D eigenvalue weighted by Gasteiger charge is 2.35. The minimum atomic E-state index is -1.06. The number of hydrogen-bond acceptors (Lipinski definition) is 6. The van der Waals surface area contributed by atoms with E-state index >= 15 is 0 Å². The van der Waals surface area contributed by atoms with Crippen molar-refractivity contribution in [3.63, 3.8) is 0 Å². The number of rotatable bonds is 6. The third kappa shape index (κ3) is 4.78. The number of nitrogens with one attached hydrogen (secondary N) is 4. The number of aromatic amines is 3. The first kappa shape index (κ1) is 20.0. The summed E-state index contributed by atoms with van der Waals surface area (Å²) >= 11 is 0. The summed E-state index contributed by atoms with van der Waals surface area (Å²) in [6.07, 6.45) is 4.93. The van der Waals surface area contributed by atoms with Crippen LogP contribution >= 0.6 is 0 Å². The zero-order chi connectivity index (χ0) is 21.0. The molecule has 0 aliphatic carbocycles. The molecule has 12 nitrogen and oxygen atoms in total. The number of aromatic nitrogens is 4. The summed E-state index contributed by atoms with van der Waals surface area (Å²) in [4.78, 5) is 72.7. The van der Waals surface area contributed by atoms with Gasteiger partial charge in [0, 0.05) is 30.9 Å². The molecular weight excluding hydrogens is 382 g/mol. The van der Waals surface area contributed by atoms with Crippen LogP contribution in [0, 0.1) is 0 Å². The number of hydrogen-bond donors (Lipinski definition) is 5. The van der Waals surface area contributed by atoms with Gasteiger partial charge in [-0.15, -0.1) is 0 Å². The highest BCUT2D eigenvalue weighted by atomic mass is 16.2. The maximum absolute atomic E-state index is 13.2. The number of imidazole rings is 1. The van der Waals surface area contributed by atoms with Crippen LogP contribution in [0.1, 0.15) is 35.4 Å². The van der Waals surface area contributed by atoms with Crippen LogP contribution < -0.4 is 22.3 Å². The smallest absolute Gasteiger partial charge is 0.326 e. The molecule has 0 bridgehead atoms. The second-order valence-corrected chi connectivity index (χ2v) is 6.75. The summed E-state index contributed by atoms with van der Waals surface area (Å²) in [6, 6.07) is -0.899. The molecule has 3 heterocycles. The summed E-state index contributed by atoms with van der Waals surface area (Å²) in [6.45, 7) is 0.337. The van der Waals surface area contributed by atoms with E-state index in [2.05, 4.69) is 20.3 Å². The number of amides is 3. The molecule has 1 aliphatic heterocycles. The first-order valence-corrected chi connectivity index (χ1v) is 9.06. The van der Waals surface area contributed by atoms with Crippen LogP contribution in [0.2, 0.25) is 0 Å².